The third-order valence-electron chi connectivity index (χ3n) is 5.17. The van der Waals surface area contributed by atoms with Crippen molar-refractivity contribution in [2.24, 2.45) is 0 Å². The largest absolute Gasteiger partial charge is 0.423 e. The molecule has 0 aliphatic carbocycles. The zero-order valence-corrected chi connectivity index (χ0v) is 18.8. The summed E-state index contributed by atoms with van der Waals surface area (Å²) in [6.45, 7) is 1.55. The Kier molecular flexibility index (Phi) is 8.69. The Hall–Kier alpha value is -2.90. The summed E-state index contributed by atoms with van der Waals surface area (Å²) < 4.78 is 44.8. The van der Waals surface area contributed by atoms with E-state index in [1.54, 1.807) is 22.3 Å². The van der Waals surface area contributed by atoms with E-state index in [0.29, 0.717) is 31.2 Å². The van der Waals surface area contributed by atoms with Gasteiger partial charge < -0.3 is 25.0 Å². The molecule has 34 heavy (non-hydrogen) atoms. The van der Waals surface area contributed by atoms with E-state index in [0.717, 1.165) is 12.0 Å². The summed E-state index contributed by atoms with van der Waals surface area (Å²) in [5, 5.41) is 17.5. The number of aliphatic hydroxyl groups is 1. The number of aromatic nitrogens is 3. The maximum Gasteiger partial charge on any atom is 0.423 e. The zero-order valence-electron chi connectivity index (χ0n) is 18.0. The molecule has 3 rings (SSSR count). The molecule has 1 saturated heterocycles. The van der Waals surface area contributed by atoms with Crippen LogP contribution in [0.2, 0.25) is 5.02 Å². The molecule has 0 radical (unpaired) electrons. The number of aliphatic hydroxyl groups excluding tert-OH is 1. The molecule has 0 spiro atoms. The second-order valence-electron chi connectivity index (χ2n) is 7.54. The molecule has 1 aliphatic heterocycles. The summed E-state index contributed by atoms with van der Waals surface area (Å²) in [5.41, 5.74) is -3.40. The van der Waals surface area contributed by atoms with Crippen molar-refractivity contribution >= 4 is 29.0 Å². The number of amides is 1. The summed E-state index contributed by atoms with van der Waals surface area (Å²) in [5.74, 6) is 0.669. The van der Waals surface area contributed by atoms with E-state index in [-0.39, 0.29) is 25.5 Å². The van der Waals surface area contributed by atoms with Gasteiger partial charge in [0, 0.05) is 32.4 Å². The lowest BCUT2D eigenvalue weighted by atomic mass is 10.2. The van der Waals surface area contributed by atoms with Crippen molar-refractivity contribution in [3.63, 3.8) is 0 Å². The first kappa shape index (κ1) is 25.7. The van der Waals surface area contributed by atoms with Gasteiger partial charge in [0.1, 0.15) is 11.4 Å². The maximum atomic E-state index is 13.1. The summed E-state index contributed by atoms with van der Waals surface area (Å²) in [6, 6.07) is 2.64. The lowest BCUT2D eigenvalue weighted by Crippen LogP contribution is -2.49. The number of hydrogen-bond donors (Lipinski definition) is 3. The lowest BCUT2D eigenvalue weighted by molar-refractivity contribution is -0.138. The van der Waals surface area contributed by atoms with Crippen LogP contribution in [0.1, 0.15) is 12.0 Å². The number of halogens is 4. The monoisotopic (exact) mass is 504 g/mol. The van der Waals surface area contributed by atoms with Crippen LogP contribution in [0.25, 0.3) is 0 Å². The van der Waals surface area contributed by atoms with Crippen LogP contribution >= 0.6 is 11.6 Å². The summed E-state index contributed by atoms with van der Waals surface area (Å²) >= 11 is 5.85. The Morgan fingerprint density at radius 2 is 2.00 bits per heavy atom. The molecule has 0 bridgehead atoms. The highest BCUT2D eigenvalue weighted by atomic mass is 35.5. The van der Waals surface area contributed by atoms with Gasteiger partial charge in [0.2, 0.25) is 5.91 Å². The van der Waals surface area contributed by atoms with Gasteiger partial charge in [-0.25, -0.2) is 10.1 Å². The highest BCUT2D eigenvalue weighted by Crippen LogP contribution is 2.31. The number of aromatic amines is 1. The van der Waals surface area contributed by atoms with E-state index in [9.17, 15) is 27.9 Å². The molecule has 10 nitrogen and oxygen atoms in total. The molecule has 1 amide bonds. The van der Waals surface area contributed by atoms with Crippen molar-refractivity contribution < 1.29 is 27.8 Å². The minimum Gasteiger partial charge on any atom is -0.394 e. The average molecular weight is 505 g/mol. The molecule has 1 aliphatic rings. The number of hydrogen-bond acceptors (Lipinski definition) is 8. The number of alkyl halides is 3. The fraction of sp³-hybridized carbons (Fsp3) is 0.500. The van der Waals surface area contributed by atoms with Crippen LogP contribution in [0.15, 0.2) is 29.3 Å². The van der Waals surface area contributed by atoms with Gasteiger partial charge in [0.05, 0.1) is 49.2 Å². The number of H-pyrrole nitrogens is 1. The van der Waals surface area contributed by atoms with Crippen molar-refractivity contribution in [1.29, 1.82) is 0 Å². The van der Waals surface area contributed by atoms with Crippen molar-refractivity contribution in [2.45, 2.75) is 18.6 Å². The van der Waals surface area contributed by atoms with Crippen LogP contribution in [-0.2, 0) is 15.7 Å². The third-order valence-corrected chi connectivity index (χ3v) is 5.39. The number of nitrogens with zero attached hydrogens (tertiary/aromatic N) is 4. The number of carbonyl (C=O) groups is 1. The van der Waals surface area contributed by atoms with Crippen LogP contribution in [0.5, 0.6) is 0 Å². The zero-order chi connectivity index (χ0) is 24.7. The minimum atomic E-state index is -4.90. The number of piperazine rings is 1. The van der Waals surface area contributed by atoms with Gasteiger partial charge >= 0.3 is 6.18 Å². The first-order chi connectivity index (χ1) is 16.2. The van der Waals surface area contributed by atoms with Crippen LogP contribution in [0.3, 0.4) is 0 Å². The van der Waals surface area contributed by atoms with E-state index < -0.39 is 35.6 Å². The fourth-order valence-corrected chi connectivity index (χ4v) is 3.54. The number of ether oxygens (including phenoxy) is 1. The SMILES string of the molecule is O=C(CCOC[C@H](CO)Nc1cn[nH]c(=O)c1C(F)(F)F)N1CCN(c2ccc(Cl)cn2)CC1. The third kappa shape index (κ3) is 6.81. The Bertz CT molecular complexity index is 1010. The summed E-state index contributed by atoms with van der Waals surface area (Å²) in [7, 11) is 0. The Morgan fingerprint density at radius 1 is 1.26 bits per heavy atom. The predicted molar refractivity (Wildman–Crippen MR) is 118 cm³/mol. The van der Waals surface area contributed by atoms with Gasteiger partial charge in [0.25, 0.3) is 5.56 Å². The van der Waals surface area contributed by atoms with Gasteiger partial charge in [-0.15, -0.1) is 0 Å². The number of nitrogens with one attached hydrogen (secondary N) is 2. The van der Waals surface area contributed by atoms with Crippen molar-refractivity contribution in [3.05, 3.63) is 45.5 Å². The molecular weight excluding hydrogens is 481 g/mol. The molecular formula is C20H24ClF3N6O4. The van der Waals surface area contributed by atoms with E-state index in [4.69, 9.17) is 16.3 Å². The maximum absolute atomic E-state index is 13.1. The molecule has 1 fully saturated rings. The molecule has 14 heteroatoms. The standard InChI is InChI=1S/C20H24ClF3N6O4/c21-13-1-2-16(25-9-13)29-4-6-30(7-5-29)17(32)3-8-34-12-14(11-31)27-15-10-26-28-19(33)18(15)20(22,23)24/h1-2,9-10,14,31H,3-8,11-12H2,(H2,27,28,33)/t14-/m0/s1. The fourth-order valence-electron chi connectivity index (χ4n) is 3.43. The van der Waals surface area contributed by atoms with E-state index in [1.807, 2.05) is 11.0 Å². The van der Waals surface area contributed by atoms with Crippen molar-refractivity contribution in [1.82, 2.24) is 20.1 Å². The quantitative estimate of drug-likeness (QED) is 0.437. The van der Waals surface area contributed by atoms with Gasteiger partial charge in [0.15, 0.2) is 0 Å². The second kappa shape index (κ2) is 11.5. The first-order valence-electron chi connectivity index (χ1n) is 10.4. The molecule has 3 N–H and O–H groups in total. The van der Waals surface area contributed by atoms with Crippen molar-refractivity contribution in [2.75, 3.05) is 56.2 Å². The number of rotatable bonds is 9. The normalized spacial score (nSPS) is 15.3. The molecule has 2 aromatic heterocycles. The lowest BCUT2D eigenvalue weighted by Gasteiger charge is -2.35. The highest BCUT2D eigenvalue weighted by molar-refractivity contribution is 6.30. The van der Waals surface area contributed by atoms with Gasteiger partial charge in [-0.1, -0.05) is 11.6 Å². The van der Waals surface area contributed by atoms with Gasteiger partial charge in [-0.3, -0.25) is 9.59 Å². The first-order valence-corrected chi connectivity index (χ1v) is 10.8. The second-order valence-corrected chi connectivity index (χ2v) is 7.97. The van der Waals surface area contributed by atoms with Crippen molar-refractivity contribution in [3.8, 4) is 0 Å². The average Bonchev–Trinajstić information content (AvgIpc) is 2.80. The molecule has 3 heterocycles. The molecule has 0 saturated carbocycles. The predicted octanol–water partition coefficient (Wildman–Crippen LogP) is 1.37. The summed E-state index contributed by atoms with van der Waals surface area (Å²) in [6.07, 6.45) is -2.44. The molecule has 0 unspecified atom stereocenters. The molecule has 1 atom stereocenters. The van der Waals surface area contributed by atoms with E-state index in [2.05, 4.69) is 15.4 Å². The Balaban J connectivity index is 1.42. The Morgan fingerprint density at radius 3 is 2.62 bits per heavy atom. The van der Waals surface area contributed by atoms with Crippen LogP contribution in [0.4, 0.5) is 24.7 Å². The van der Waals surface area contributed by atoms with E-state index in [1.165, 1.54) is 0 Å². The van der Waals surface area contributed by atoms with Gasteiger partial charge in [-0.2, -0.15) is 18.3 Å². The van der Waals surface area contributed by atoms with Gasteiger partial charge in [-0.05, 0) is 12.1 Å². The summed E-state index contributed by atoms with van der Waals surface area (Å²) in [4.78, 5) is 32.0. The molecule has 186 valence electrons. The number of pyridine rings is 1. The number of anilines is 2. The smallest absolute Gasteiger partial charge is 0.394 e. The number of carbonyl (C=O) groups excluding carboxylic acids is 1. The minimum absolute atomic E-state index is 0.0235. The molecule has 2 aromatic rings. The Labute approximate surface area is 197 Å². The topological polar surface area (TPSA) is 124 Å². The van der Waals surface area contributed by atoms with Crippen LogP contribution in [-0.4, -0.2) is 83.1 Å². The van der Waals surface area contributed by atoms with E-state index >= 15 is 0 Å². The molecule has 0 aromatic carbocycles. The van der Waals surface area contributed by atoms with Crippen LogP contribution < -0.4 is 15.8 Å². The van der Waals surface area contributed by atoms with Crippen LogP contribution in [0, 0.1) is 0 Å². The highest BCUT2D eigenvalue weighted by Gasteiger charge is 2.37.